The van der Waals surface area contributed by atoms with Crippen LogP contribution >= 0.6 is 11.8 Å². The summed E-state index contributed by atoms with van der Waals surface area (Å²) in [4.78, 5) is 15.7. The maximum Gasteiger partial charge on any atom is 0.416 e. The lowest BCUT2D eigenvalue weighted by atomic mass is 9.97. The van der Waals surface area contributed by atoms with Gasteiger partial charge in [-0.2, -0.15) is 13.2 Å². The highest BCUT2D eigenvalue weighted by Crippen LogP contribution is 2.64. The number of benzene rings is 1. The first-order valence-electron chi connectivity index (χ1n) is 11.8. The molecule has 2 atom stereocenters. The molecule has 0 bridgehead atoms. The highest BCUT2D eigenvalue weighted by molar-refractivity contribution is 7.99. The van der Waals surface area contributed by atoms with Crippen molar-refractivity contribution in [3.63, 3.8) is 0 Å². The second-order valence-corrected chi connectivity index (χ2v) is 11.0. The van der Waals surface area contributed by atoms with Crippen LogP contribution in [-0.2, 0) is 18.0 Å². The standard InChI is InChI=1S/C24H30F3N5OS/c1-16(33)32-13-18(14-32)21-28-29-22(30(21)2)34-11-3-9-31-10-8-23(15-31)12-20(23)17-4-6-19(7-5-17)24(25,26)27/h4-7,18,20H,3,8-15H2,1-2H3/t20-,23+/m1/s1. The summed E-state index contributed by atoms with van der Waals surface area (Å²) in [7, 11) is 1.99. The fourth-order valence-electron chi connectivity index (χ4n) is 5.51. The molecule has 1 aliphatic carbocycles. The topological polar surface area (TPSA) is 54.3 Å². The lowest BCUT2D eigenvalue weighted by Crippen LogP contribution is -2.48. The Hall–Kier alpha value is -2.07. The molecule has 184 valence electrons. The molecule has 3 aliphatic rings. The first-order valence-corrected chi connectivity index (χ1v) is 12.8. The molecule has 1 spiro atoms. The Bertz CT molecular complexity index is 1050. The van der Waals surface area contributed by atoms with Gasteiger partial charge in [-0.3, -0.25) is 4.79 Å². The summed E-state index contributed by atoms with van der Waals surface area (Å²) < 4.78 is 40.5. The SMILES string of the molecule is CC(=O)N1CC(c2nnc(SCCCN3CC[C@]4(C[C@@H]4c4ccc(C(F)(F)F)cc4)C3)n2C)C1. The third-order valence-electron chi connectivity index (χ3n) is 7.70. The van der Waals surface area contributed by atoms with Crippen LogP contribution in [0.3, 0.4) is 0 Å². The van der Waals surface area contributed by atoms with Gasteiger partial charge in [0, 0.05) is 39.4 Å². The number of alkyl halides is 3. The minimum absolute atomic E-state index is 0.105. The van der Waals surface area contributed by atoms with E-state index in [9.17, 15) is 18.0 Å². The van der Waals surface area contributed by atoms with Crippen molar-refractivity contribution in [1.82, 2.24) is 24.6 Å². The van der Waals surface area contributed by atoms with Crippen molar-refractivity contribution >= 4 is 17.7 Å². The number of carbonyl (C=O) groups is 1. The van der Waals surface area contributed by atoms with Gasteiger partial charge in [-0.15, -0.1) is 10.2 Å². The van der Waals surface area contributed by atoms with E-state index in [1.165, 1.54) is 12.1 Å². The van der Waals surface area contributed by atoms with Crippen LogP contribution in [-0.4, -0.2) is 68.9 Å². The Morgan fingerprint density at radius 1 is 1.21 bits per heavy atom. The highest BCUT2D eigenvalue weighted by Gasteiger charge is 2.57. The number of nitrogens with zero attached hydrogens (tertiary/aromatic N) is 5. The van der Waals surface area contributed by atoms with Gasteiger partial charge in [-0.1, -0.05) is 23.9 Å². The van der Waals surface area contributed by atoms with E-state index in [2.05, 4.69) is 19.7 Å². The molecule has 1 aromatic carbocycles. The molecule has 34 heavy (non-hydrogen) atoms. The van der Waals surface area contributed by atoms with Crippen molar-refractivity contribution in [2.24, 2.45) is 12.5 Å². The fourth-order valence-corrected chi connectivity index (χ4v) is 6.35. The average molecular weight is 494 g/mol. The monoisotopic (exact) mass is 493 g/mol. The quantitative estimate of drug-likeness (QED) is 0.429. The summed E-state index contributed by atoms with van der Waals surface area (Å²) in [5.41, 5.74) is 0.723. The van der Waals surface area contributed by atoms with E-state index in [-0.39, 0.29) is 17.2 Å². The Morgan fingerprint density at radius 2 is 1.94 bits per heavy atom. The zero-order valence-corrected chi connectivity index (χ0v) is 20.3. The fraction of sp³-hybridized carbons (Fsp3) is 0.625. The number of hydrogen-bond donors (Lipinski definition) is 0. The van der Waals surface area contributed by atoms with E-state index in [4.69, 9.17) is 0 Å². The van der Waals surface area contributed by atoms with Crippen molar-refractivity contribution in [3.8, 4) is 0 Å². The number of amides is 1. The number of rotatable bonds is 7. The van der Waals surface area contributed by atoms with E-state index in [0.717, 1.165) is 74.3 Å². The van der Waals surface area contributed by atoms with Crippen molar-refractivity contribution in [2.75, 3.05) is 38.5 Å². The molecule has 1 amide bonds. The van der Waals surface area contributed by atoms with E-state index in [1.807, 2.05) is 11.9 Å². The number of hydrogen-bond acceptors (Lipinski definition) is 5. The minimum Gasteiger partial charge on any atom is -0.341 e. The van der Waals surface area contributed by atoms with Crippen LogP contribution in [0.4, 0.5) is 13.2 Å². The van der Waals surface area contributed by atoms with Crippen LogP contribution in [0, 0.1) is 5.41 Å². The van der Waals surface area contributed by atoms with Crippen LogP contribution in [0.1, 0.15) is 55.0 Å². The summed E-state index contributed by atoms with van der Waals surface area (Å²) >= 11 is 1.72. The third kappa shape index (κ3) is 4.58. The van der Waals surface area contributed by atoms with Crippen molar-refractivity contribution in [3.05, 3.63) is 41.2 Å². The molecule has 0 radical (unpaired) electrons. The van der Waals surface area contributed by atoms with Gasteiger partial charge in [0.05, 0.1) is 11.5 Å². The van der Waals surface area contributed by atoms with Gasteiger partial charge in [0.2, 0.25) is 5.91 Å². The maximum absolute atomic E-state index is 12.8. The highest BCUT2D eigenvalue weighted by atomic mass is 32.2. The Balaban J connectivity index is 1.05. The maximum atomic E-state index is 12.8. The normalized spacial score (nSPS) is 25.2. The molecule has 6 nitrogen and oxygen atoms in total. The lowest BCUT2D eigenvalue weighted by Gasteiger charge is -2.37. The van der Waals surface area contributed by atoms with Gasteiger partial charge in [0.15, 0.2) is 5.16 Å². The largest absolute Gasteiger partial charge is 0.416 e. The molecule has 3 heterocycles. The van der Waals surface area contributed by atoms with E-state index >= 15 is 0 Å². The molecule has 2 saturated heterocycles. The van der Waals surface area contributed by atoms with Gasteiger partial charge in [0.25, 0.3) is 0 Å². The van der Waals surface area contributed by atoms with Gasteiger partial charge >= 0.3 is 6.18 Å². The third-order valence-corrected chi connectivity index (χ3v) is 8.81. The van der Waals surface area contributed by atoms with E-state index in [0.29, 0.717) is 5.92 Å². The van der Waals surface area contributed by atoms with Crippen LogP contribution < -0.4 is 0 Å². The molecule has 0 N–H and O–H groups in total. The predicted octanol–water partition coefficient (Wildman–Crippen LogP) is 4.14. The number of thioether (sulfide) groups is 1. The molecule has 0 unspecified atom stereocenters. The Labute approximate surface area is 201 Å². The zero-order valence-electron chi connectivity index (χ0n) is 19.5. The summed E-state index contributed by atoms with van der Waals surface area (Å²) in [5.74, 6) is 2.67. The van der Waals surface area contributed by atoms with Crippen molar-refractivity contribution in [2.45, 2.75) is 49.4 Å². The summed E-state index contributed by atoms with van der Waals surface area (Å²) in [6, 6.07) is 5.76. The number of carbonyl (C=O) groups excluding carboxylic acids is 1. The second-order valence-electron chi connectivity index (χ2n) is 9.99. The predicted molar refractivity (Wildman–Crippen MR) is 124 cm³/mol. The summed E-state index contributed by atoms with van der Waals surface area (Å²) in [6.07, 6.45) is -1.03. The van der Waals surface area contributed by atoms with Gasteiger partial charge < -0.3 is 14.4 Å². The van der Waals surface area contributed by atoms with E-state index < -0.39 is 11.7 Å². The number of aromatic nitrogens is 3. The molecule has 2 aromatic rings. The summed E-state index contributed by atoms with van der Waals surface area (Å²) in [5, 5.41) is 9.61. The molecular weight excluding hydrogens is 463 g/mol. The summed E-state index contributed by atoms with van der Waals surface area (Å²) in [6.45, 7) is 6.15. The number of halogens is 3. The lowest BCUT2D eigenvalue weighted by molar-refractivity contribution is -0.137. The molecule has 10 heteroatoms. The molecule has 1 aromatic heterocycles. The first-order chi connectivity index (χ1) is 16.2. The average Bonchev–Trinajstić information content (AvgIpc) is 3.11. The second kappa shape index (κ2) is 8.86. The van der Waals surface area contributed by atoms with Crippen LogP contribution in [0.2, 0.25) is 0 Å². The van der Waals surface area contributed by atoms with Crippen LogP contribution in [0.25, 0.3) is 0 Å². The minimum atomic E-state index is -4.28. The molecule has 3 fully saturated rings. The van der Waals surface area contributed by atoms with Crippen molar-refractivity contribution < 1.29 is 18.0 Å². The zero-order chi connectivity index (χ0) is 24.1. The Kier molecular flexibility index (Phi) is 6.16. The molecule has 1 saturated carbocycles. The van der Waals surface area contributed by atoms with Gasteiger partial charge in [-0.05, 0) is 61.4 Å². The van der Waals surface area contributed by atoms with Gasteiger partial charge in [-0.25, -0.2) is 0 Å². The van der Waals surface area contributed by atoms with Crippen LogP contribution in [0.15, 0.2) is 29.4 Å². The molecule has 5 rings (SSSR count). The Morgan fingerprint density at radius 3 is 2.62 bits per heavy atom. The van der Waals surface area contributed by atoms with E-state index in [1.54, 1.807) is 30.8 Å². The molecule has 2 aliphatic heterocycles. The molecular formula is C24H30F3N5OS. The van der Waals surface area contributed by atoms with Crippen molar-refractivity contribution in [1.29, 1.82) is 0 Å². The first kappa shape index (κ1) is 23.7. The van der Waals surface area contributed by atoms with Crippen LogP contribution in [0.5, 0.6) is 0 Å². The number of likely N-dealkylation sites (tertiary alicyclic amines) is 2. The van der Waals surface area contributed by atoms with Gasteiger partial charge in [0.1, 0.15) is 5.82 Å². The smallest absolute Gasteiger partial charge is 0.341 e.